The number of nitrogens with one attached hydrogen (secondary N) is 1. The van der Waals surface area contributed by atoms with Crippen molar-refractivity contribution < 1.29 is 36.7 Å². The van der Waals surface area contributed by atoms with Crippen molar-refractivity contribution in [3.05, 3.63) is 100 Å². The van der Waals surface area contributed by atoms with Crippen LogP contribution in [0.5, 0.6) is 5.75 Å². The maximum atomic E-state index is 13.0. The summed E-state index contributed by atoms with van der Waals surface area (Å²) in [6.45, 7) is 3.57. The Morgan fingerprint density at radius 2 is 1.79 bits per heavy atom. The van der Waals surface area contributed by atoms with Gasteiger partial charge in [-0.05, 0) is 67.9 Å². The van der Waals surface area contributed by atoms with Crippen molar-refractivity contribution in [3.63, 3.8) is 0 Å². The zero-order valence-corrected chi connectivity index (χ0v) is 20.8. The minimum atomic E-state index is -4.44. The van der Waals surface area contributed by atoms with Crippen molar-refractivity contribution in [1.82, 2.24) is 9.78 Å². The first-order valence-corrected chi connectivity index (χ1v) is 11.5. The van der Waals surface area contributed by atoms with Crippen LogP contribution < -0.4 is 10.1 Å². The van der Waals surface area contributed by atoms with Crippen molar-refractivity contribution >= 4 is 17.6 Å². The van der Waals surface area contributed by atoms with Crippen LogP contribution in [0.2, 0.25) is 0 Å². The third-order valence-electron chi connectivity index (χ3n) is 5.75. The van der Waals surface area contributed by atoms with E-state index in [9.17, 15) is 22.8 Å². The van der Waals surface area contributed by atoms with Gasteiger partial charge in [0.1, 0.15) is 18.1 Å². The first-order valence-electron chi connectivity index (χ1n) is 11.5. The molecule has 2 aromatic heterocycles. The van der Waals surface area contributed by atoms with E-state index in [2.05, 4.69) is 15.2 Å². The number of aryl methyl sites for hydroxylation is 1. The number of amides is 1. The van der Waals surface area contributed by atoms with Crippen LogP contribution in [0.4, 0.5) is 18.9 Å². The van der Waals surface area contributed by atoms with Crippen LogP contribution in [0.3, 0.4) is 0 Å². The molecule has 11 heteroatoms. The van der Waals surface area contributed by atoms with Crippen molar-refractivity contribution in [2.24, 2.45) is 0 Å². The number of hydrogen-bond donors (Lipinski definition) is 1. The van der Waals surface area contributed by atoms with Crippen molar-refractivity contribution in [1.29, 1.82) is 0 Å². The summed E-state index contributed by atoms with van der Waals surface area (Å²) in [5.74, 6) is -0.0113. The summed E-state index contributed by atoms with van der Waals surface area (Å²) in [6, 6.07) is 14.5. The number of carbonyl (C=O) groups is 2. The van der Waals surface area contributed by atoms with Crippen molar-refractivity contribution in [3.8, 4) is 5.75 Å². The highest BCUT2D eigenvalue weighted by Crippen LogP contribution is 2.30. The van der Waals surface area contributed by atoms with Crippen LogP contribution in [0.15, 0.2) is 65.1 Å². The summed E-state index contributed by atoms with van der Waals surface area (Å²) in [7, 11) is 1.30. The quantitative estimate of drug-likeness (QED) is 0.292. The van der Waals surface area contributed by atoms with E-state index in [1.54, 1.807) is 50.2 Å². The molecule has 1 N–H and O–H groups in total. The smallest absolute Gasteiger partial charge is 0.416 e. The van der Waals surface area contributed by atoms with E-state index in [0.29, 0.717) is 39.7 Å². The highest BCUT2D eigenvalue weighted by atomic mass is 19.4. The predicted octanol–water partition coefficient (Wildman–Crippen LogP) is 5.78. The van der Waals surface area contributed by atoms with Crippen LogP contribution in [0, 0.1) is 13.8 Å². The maximum absolute atomic E-state index is 13.0. The summed E-state index contributed by atoms with van der Waals surface area (Å²) in [5.41, 5.74) is 1.62. The Morgan fingerprint density at radius 1 is 1.05 bits per heavy atom. The average molecular weight is 527 g/mol. The van der Waals surface area contributed by atoms with E-state index < -0.39 is 23.6 Å². The molecule has 0 saturated heterocycles. The molecule has 0 fully saturated rings. The van der Waals surface area contributed by atoms with Gasteiger partial charge < -0.3 is 19.2 Å². The van der Waals surface area contributed by atoms with Gasteiger partial charge in [0, 0.05) is 0 Å². The number of hydrogen-bond acceptors (Lipinski definition) is 6. The molecule has 0 aliphatic heterocycles. The number of ether oxygens (including phenoxy) is 2. The van der Waals surface area contributed by atoms with Gasteiger partial charge in [0.05, 0.1) is 41.9 Å². The van der Waals surface area contributed by atoms with E-state index in [1.807, 2.05) is 0 Å². The van der Waals surface area contributed by atoms with Gasteiger partial charge in [-0.3, -0.25) is 9.48 Å². The molecule has 0 spiro atoms. The van der Waals surface area contributed by atoms with Crippen LogP contribution in [-0.4, -0.2) is 28.8 Å². The topological polar surface area (TPSA) is 95.6 Å². The molecule has 0 bridgehead atoms. The summed E-state index contributed by atoms with van der Waals surface area (Å²) in [6.07, 6.45) is -4.44. The van der Waals surface area contributed by atoms with Gasteiger partial charge in [0.25, 0.3) is 5.91 Å². The summed E-state index contributed by atoms with van der Waals surface area (Å²) >= 11 is 0. The number of benzene rings is 2. The largest absolute Gasteiger partial charge is 0.486 e. The number of methoxy groups -OCH3 is 1. The molecular weight excluding hydrogens is 503 g/mol. The minimum Gasteiger partial charge on any atom is -0.486 e. The second-order valence-electron chi connectivity index (χ2n) is 8.43. The summed E-state index contributed by atoms with van der Waals surface area (Å²) < 4.78 is 56.6. The van der Waals surface area contributed by atoms with Gasteiger partial charge in [-0.15, -0.1) is 0 Å². The third-order valence-corrected chi connectivity index (χ3v) is 5.75. The highest BCUT2D eigenvalue weighted by molar-refractivity contribution is 6.03. The molecule has 0 atom stereocenters. The van der Waals surface area contributed by atoms with E-state index in [1.165, 1.54) is 23.9 Å². The number of aromatic nitrogens is 2. The number of alkyl halides is 3. The predicted molar refractivity (Wildman–Crippen MR) is 131 cm³/mol. The van der Waals surface area contributed by atoms with E-state index in [0.717, 1.165) is 12.1 Å². The van der Waals surface area contributed by atoms with Gasteiger partial charge in [-0.1, -0.05) is 12.1 Å². The Hall–Kier alpha value is -4.54. The Bertz CT molecular complexity index is 1460. The van der Waals surface area contributed by atoms with Crippen LogP contribution >= 0.6 is 0 Å². The molecule has 4 rings (SSSR count). The molecule has 0 aliphatic carbocycles. The standard InChI is InChI=1S/C27H24F3N3O5/c1-16-24(17(2)33(32-16)14-18-5-4-6-20(13-18)27(28,29)30)31-25(34)23-12-11-22(38-23)15-37-21-9-7-19(8-10-21)26(35)36-3/h4-13H,14-15H2,1-3H3,(H,31,34). The number of halogens is 3. The second-order valence-corrected chi connectivity index (χ2v) is 8.43. The van der Waals surface area contributed by atoms with Gasteiger partial charge in [-0.2, -0.15) is 18.3 Å². The number of esters is 1. The molecule has 8 nitrogen and oxygen atoms in total. The summed E-state index contributed by atoms with van der Waals surface area (Å²) in [4.78, 5) is 24.3. The fourth-order valence-corrected chi connectivity index (χ4v) is 3.76. The molecule has 38 heavy (non-hydrogen) atoms. The van der Waals surface area contributed by atoms with E-state index in [-0.39, 0.29) is 18.9 Å². The van der Waals surface area contributed by atoms with Gasteiger partial charge in [-0.25, -0.2) is 4.79 Å². The molecule has 1 amide bonds. The number of anilines is 1. The normalized spacial score (nSPS) is 11.3. The number of carbonyl (C=O) groups excluding carboxylic acids is 2. The SMILES string of the molecule is COC(=O)c1ccc(OCc2ccc(C(=O)Nc3c(C)nn(Cc4cccc(C(F)(F)F)c4)c3C)o2)cc1. The van der Waals surface area contributed by atoms with Crippen LogP contribution in [-0.2, 0) is 24.1 Å². The molecule has 2 aromatic carbocycles. The maximum Gasteiger partial charge on any atom is 0.416 e. The molecule has 0 unspecified atom stereocenters. The first-order chi connectivity index (χ1) is 18.0. The van der Waals surface area contributed by atoms with Gasteiger partial charge in [0.2, 0.25) is 0 Å². The number of furan rings is 1. The molecule has 198 valence electrons. The molecule has 0 radical (unpaired) electrons. The molecule has 0 aliphatic rings. The average Bonchev–Trinajstić information content (AvgIpc) is 3.47. The van der Waals surface area contributed by atoms with Gasteiger partial charge >= 0.3 is 12.1 Å². The number of nitrogens with zero attached hydrogens (tertiary/aromatic N) is 2. The minimum absolute atomic E-state index is 0.0501. The second kappa shape index (κ2) is 10.8. The molecular formula is C27H24F3N3O5. The lowest BCUT2D eigenvalue weighted by atomic mass is 10.1. The lowest BCUT2D eigenvalue weighted by Crippen LogP contribution is -2.13. The molecule has 4 aromatic rings. The Balaban J connectivity index is 1.39. The van der Waals surface area contributed by atoms with Crippen LogP contribution in [0.25, 0.3) is 0 Å². The number of rotatable bonds is 8. The summed E-state index contributed by atoms with van der Waals surface area (Å²) in [5, 5.41) is 7.14. The van der Waals surface area contributed by atoms with Crippen molar-refractivity contribution in [2.45, 2.75) is 33.2 Å². The Labute approximate surface area is 216 Å². The highest BCUT2D eigenvalue weighted by Gasteiger charge is 2.30. The third kappa shape index (κ3) is 6.05. The molecule has 2 heterocycles. The zero-order valence-electron chi connectivity index (χ0n) is 20.8. The molecule has 0 saturated carbocycles. The van der Waals surface area contributed by atoms with E-state index in [4.69, 9.17) is 9.15 Å². The van der Waals surface area contributed by atoms with Crippen LogP contribution in [0.1, 0.15) is 49.2 Å². The van der Waals surface area contributed by atoms with Gasteiger partial charge in [0.15, 0.2) is 5.76 Å². The lowest BCUT2D eigenvalue weighted by molar-refractivity contribution is -0.137. The Kier molecular flexibility index (Phi) is 7.56. The lowest BCUT2D eigenvalue weighted by Gasteiger charge is -2.10. The fraction of sp³-hybridized carbons (Fsp3) is 0.222. The monoisotopic (exact) mass is 527 g/mol. The zero-order chi connectivity index (χ0) is 27.4. The van der Waals surface area contributed by atoms with Crippen molar-refractivity contribution in [2.75, 3.05) is 12.4 Å². The Morgan fingerprint density at radius 3 is 2.47 bits per heavy atom. The first kappa shape index (κ1) is 26.5. The fourth-order valence-electron chi connectivity index (χ4n) is 3.76. The van der Waals surface area contributed by atoms with E-state index >= 15 is 0 Å².